The van der Waals surface area contributed by atoms with E-state index in [4.69, 9.17) is 21.1 Å². The van der Waals surface area contributed by atoms with Gasteiger partial charge in [0.25, 0.3) is 0 Å². The van der Waals surface area contributed by atoms with Crippen LogP contribution in [0.1, 0.15) is 29.2 Å². The molecule has 0 amide bonds. The second kappa shape index (κ2) is 10.7. The molecule has 0 radical (unpaired) electrons. The number of hydrogen-bond acceptors (Lipinski definition) is 4. The number of rotatable bonds is 7. The van der Waals surface area contributed by atoms with Crippen molar-refractivity contribution >= 4 is 39.2 Å². The Bertz CT molecular complexity index is 1210. The third-order valence-corrected chi connectivity index (χ3v) is 5.36. The van der Waals surface area contributed by atoms with Crippen LogP contribution in [0.15, 0.2) is 65.1 Å². The van der Waals surface area contributed by atoms with E-state index in [-0.39, 0.29) is 6.61 Å². The Kier molecular flexibility index (Phi) is 7.73. The first kappa shape index (κ1) is 22.4. The first-order chi connectivity index (χ1) is 15.1. The van der Waals surface area contributed by atoms with E-state index < -0.39 is 0 Å². The number of nitrogens with zero attached hydrogens (tertiary/aromatic N) is 2. The van der Waals surface area contributed by atoms with Gasteiger partial charge in [0.15, 0.2) is 11.5 Å². The molecule has 0 heterocycles. The van der Waals surface area contributed by atoms with E-state index in [9.17, 15) is 10.5 Å². The highest BCUT2D eigenvalue weighted by Gasteiger charge is 2.14. The summed E-state index contributed by atoms with van der Waals surface area (Å²) < 4.78 is 12.5. The minimum absolute atomic E-state index is 0.223. The number of hydrogen-bond donors (Lipinski definition) is 0. The minimum atomic E-state index is 0.223. The maximum absolute atomic E-state index is 9.65. The molecule has 154 valence electrons. The quantitative estimate of drug-likeness (QED) is 0.262. The van der Waals surface area contributed by atoms with Gasteiger partial charge in [0.2, 0.25) is 0 Å². The average Bonchev–Trinajstić information content (AvgIpc) is 2.78. The summed E-state index contributed by atoms with van der Waals surface area (Å²) in [6.45, 7) is 2.55. The van der Waals surface area contributed by atoms with Crippen LogP contribution in [0.4, 0.5) is 0 Å². The van der Waals surface area contributed by atoms with Crippen molar-refractivity contribution in [2.24, 2.45) is 0 Å². The molecule has 4 nitrogen and oxygen atoms in total. The molecule has 0 aliphatic rings. The van der Waals surface area contributed by atoms with Gasteiger partial charge >= 0.3 is 0 Å². The summed E-state index contributed by atoms with van der Waals surface area (Å²) in [4.78, 5) is 0. The van der Waals surface area contributed by atoms with Gasteiger partial charge in [-0.05, 0) is 58.8 Å². The van der Waals surface area contributed by atoms with Crippen molar-refractivity contribution in [2.75, 3.05) is 6.61 Å². The van der Waals surface area contributed by atoms with Crippen LogP contribution in [0.3, 0.4) is 0 Å². The van der Waals surface area contributed by atoms with E-state index in [0.717, 1.165) is 11.1 Å². The molecule has 0 saturated carbocycles. The predicted molar refractivity (Wildman–Crippen MR) is 126 cm³/mol. The lowest BCUT2D eigenvalue weighted by Gasteiger charge is -2.15. The number of halogens is 2. The Morgan fingerprint density at radius 3 is 2.52 bits per heavy atom. The van der Waals surface area contributed by atoms with E-state index >= 15 is 0 Å². The van der Waals surface area contributed by atoms with Gasteiger partial charge in [0.1, 0.15) is 6.61 Å². The molecule has 3 rings (SSSR count). The zero-order valence-corrected chi connectivity index (χ0v) is 19.1. The standard InChI is InChI=1S/C25H18BrClN2O2/c1-2-30-24-13-17(11-20(15-29)21-9-5-6-10-23(21)27)12-22(26)25(24)31-16-19-8-4-3-7-18(19)14-28/h3-13H,2,16H2,1H3. The van der Waals surface area contributed by atoms with Crippen molar-refractivity contribution in [3.63, 3.8) is 0 Å². The molecule has 0 bridgehead atoms. The third-order valence-electron chi connectivity index (χ3n) is 4.44. The second-order valence-corrected chi connectivity index (χ2v) is 7.73. The first-order valence-electron chi connectivity index (χ1n) is 9.51. The third kappa shape index (κ3) is 5.47. The van der Waals surface area contributed by atoms with Crippen LogP contribution in [0.5, 0.6) is 11.5 Å². The van der Waals surface area contributed by atoms with E-state index in [1.165, 1.54) is 0 Å². The summed E-state index contributed by atoms with van der Waals surface area (Å²) in [5.74, 6) is 1.07. The van der Waals surface area contributed by atoms with Crippen molar-refractivity contribution in [2.45, 2.75) is 13.5 Å². The summed E-state index contributed by atoms with van der Waals surface area (Å²) in [6.07, 6.45) is 1.75. The first-order valence-corrected chi connectivity index (χ1v) is 10.7. The fourth-order valence-corrected chi connectivity index (χ4v) is 3.81. The number of allylic oxidation sites excluding steroid dienone is 1. The lowest BCUT2D eigenvalue weighted by Crippen LogP contribution is -2.02. The molecule has 3 aromatic rings. The molecule has 31 heavy (non-hydrogen) atoms. The van der Waals surface area contributed by atoms with Crippen LogP contribution in [-0.4, -0.2) is 6.61 Å². The van der Waals surface area contributed by atoms with Crippen LogP contribution in [0.25, 0.3) is 11.6 Å². The van der Waals surface area contributed by atoms with Gasteiger partial charge in [-0.25, -0.2) is 0 Å². The molecule has 0 aliphatic heterocycles. The van der Waals surface area contributed by atoms with E-state index in [1.54, 1.807) is 24.3 Å². The van der Waals surface area contributed by atoms with Crippen molar-refractivity contribution in [1.29, 1.82) is 10.5 Å². The van der Waals surface area contributed by atoms with Gasteiger partial charge < -0.3 is 9.47 Å². The van der Waals surface area contributed by atoms with Crippen LogP contribution < -0.4 is 9.47 Å². The summed E-state index contributed by atoms with van der Waals surface area (Å²) in [5.41, 5.74) is 3.21. The topological polar surface area (TPSA) is 66.0 Å². The van der Waals surface area contributed by atoms with Crippen LogP contribution in [0, 0.1) is 22.7 Å². The molecule has 0 atom stereocenters. The Balaban J connectivity index is 1.96. The zero-order chi connectivity index (χ0) is 22.2. The highest BCUT2D eigenvalue weighted by atomic mass is 79.9. The van der Waals surface area contributed by atoms with Crippen LogP contribution in [0.2, 0.25) is 5.02 Å². The predicted octanol–water partition coefficient (Wildman–Crippen LogP) is 7.02. The van der Waals surface area contributed by atoms with E-state index in [2.05, 4.69) is 28.1 Å². The van der Waals surface area contributed by atoms with Crippen molar-refractivity contribution in [3.05, 3.63) is 92.4 Å². The molecule has 0 N–H and O–H groups in total. The van der Waals surface area contributed by atoms with Gasteiger partial charge in [-0.2, -0.15) is 10.5 Å². The Morgan fingerprint density at radius 1 is 1.06 bits per heavy atom. The molecule has 0 unspecified atom stereocenters. The molecule has 6 heteroatoms. The maximum Gasteiger partial charge on any atom is 0.175 e. The minimum Gasteiger partial charge on any atom is -0.490 e. The van der Waals surface area contributed by atoms with Crippen molar-refractivity contribution in [3.8, 4) is 23.6 Å². The van der Waals surface area contributed by atoms with Gasteiger partial charge in [0.05, 0.1) is 34.4 Å². The van der Waals surface area contributed by atoms with Gasteiger partial charge in [0, 0.05) is 16.1 Å². The second-order valence-electron chi connectivity index (χ2n) is 6.47. The van der Waals surface area contributed by atoms with Crippen LogP contribution >= 0.6 is 27.5 Å². The smallest absolute Gasteiger partial charge is 0.175 e. The molecule has 0 spiro atoms. The normalized spacial score (nSPS) is 10.8. The monoisotopic (exact) mass is 492 g/mol. The Hall–Kier alpha value is -3.25. The summed E-state index contributed by atoms with van der Waals surface area (Å²) in [5, 5.41) is 19.4. The Morgan fingerprint density at radius 2 is 1.81 bits per heavy atom. The fourth-order valence-electron chi connectivity index (χ4n) is 3.00. The molecular weight excluding hydrogens is 476 g/mol. The van der Waals surface area contributed by atoms with E-state index in [1.807, 2.05) is 49.4 Å². The van der Waals surface area contributed by atoms with Crippen LogP contribution in [-0.2, 0) is 6.61 Å². The Labute approximate surface area is 195 Å². The van der Waals surface area contributed by atoms with Gasteiger partial charge in [-0.3, -0.25) is 0 Å². The molecule has 0 aromatic heterocycles. The zero-order valence-electron chi connectivity index (χ0n) is 16.7. The maximum atomic E-state index is 9.65. The average molecular weight is 494 g/mol. The number of ether oxygens (including phenoxy) is 2. The number of nitriles is 2. The molecule has 0 aliphatic carbocycles. The van der Waals surface area contributed by atoms with Gasteiger partial charge in [-0.15, -0.1) is 0 Å². The summed E-state index contributed by atoms with van der Waals surface area (Å²) in [6, 6.07) is 22.5. The number of benzene rings is 3. The largest absolute Gasteiger partial charge is 0.490 e. The SMILES string of the molecule is CCOc1cc(C=C(C#N)c2ccccc2Cl)cc(Br)c1OCc1ccccc1C#N. The van der Waals surface area contributed by atoms with Crippen molar-refractivity contribution in [1.82, 2.24) is 0 Å². The molecular formula is C25H18BrClN2O2. The fraction of sp³-hybridized carbons (Fsp3) is 0.120. The van der Waals surface area contributed by atoms with E-state index in [0.29, 0.717) is 44.3 Å². The van der Waals surface area contributed by atoms with Crippen molar-refractivity contribution < 1.29 is 9.47 Å². The lowest BCUT2D eigenvalue weighted by atomic mass is 10.0. The molecule has 0 fully saturated rings. The highest BCUT2D eigenvalue weighted by Crippen LogP contribution is 2.39. The summed E-state index contributed by atoms with van der Waals surface area (Å²) >= 11 is 9.81. The summed E-state index contributed by atoms with van der Waals surface area (Å²) in [7, 11) is 0. The highest BCUT2D eigenvalue weighted by molar-refractivity contribution is 9.10. The van der Waals surface area contributed by atoms with Gasteiger partial charge in [-0.1, -0.05) is 48.0 Å². The lowest BCUT2D eigenvalue weighted by molar-refractivity contribution is 0.267. The molecule has 3 aromatic carbocycles. The molecule has 0 saturated heterocycles.